The highest BCUT2D eigenvalue weighted by Gasteiger charge is 2.20. The van der Waals surface area contributed by atoms with E-state index >= 15 is 0 Å². The summed E-state index contributed by atoms with van der Waals surface area (Å²) >= 11 is 5.83. The second-order valence-corrected chi connectivity index (χ2v) is 4.80. The molecule has 20 heavy (non-hydrogen) atoms. The summed E-state index contributed by atoms with van der Waals surface area (Å²) in [5, 5.41) is 3.43. The van der Waals surface area contributed by atoms with E-state index in [1.807, 2.05) is 24.3 Å². The third-order valence-corrected chi connectivity index (χ3v) is 3.10. The molecule has 2 heterocycles. The highest BCUT2D eigenvalue weighted by Crippen LogP contribution is 2.15. The van der Waals surface area contributed by atoms with E-state index in [1.165, 1.54) is 0 Å². The molecule has 0 radical (unpaired) electrons. The van der Waals surface area contributed by atoms with Crippen molar-refractivity contribution in [2.75, 3.05) is 0 Å². The number of aliphatic imine (C=N–C) groups is 1. The van der Waals surface area contributed by atoms with Gasteiger partial charge >= 0.3 is 0 Å². The fourth-order valence-electron chi connectivity index (χ4n) is 1.90. The van der Waals surface area contributed by atoms with Crippen LogP contribution in [0.15, 0.2) is 57.8 Å². The topological polar surface area (TPSA) is 54.6 Å². The number of nitrogens with zero attached hydrogens (tertiary/aromatic N) is 1. The van der Waals surface area contributed by atoms with Gasteiger partial charge in [-0.15, -0.1) is 0 Å². The Bertz CT molecular complexity index is 685. The first-order valence-electron chi connectivity index (χ1n) is 6.09. The molecule has 1 aromatic carbocycles. The predicted molar refractivity (Wildman–Crippen MR) is 77.4 cm³/mol. The first-order valence-corrected chi connectivity index (χ1v) is 6.47. The summed E-state index contributed by atoms with van der Waals surface area (Å²) < 4.78 is 5.17. The van der Waals surface area contributed by atoms with Crippen LogP contribution in [0.1, 0.15) is 11.3 Å². The first-order chi connectivity index (χ1) is 9.70. The second-order valence-electron chi connectivity index (χ2n) is 4.36. The first kappa shape index (κ1) is 12.7. The van der Waals surface area contributed by atoms with Gasteiger partial charge in [0.15, 0.2) is 0 Å². The zero-order valence-electron chi connectivity index (χ0n) is 10.5. The standard InChI is InChI=1S/C15H11ClN2O2/c16-11-5-3-10(4-6-11)8-14-17-13(15(19)18-14)9-12-2-1-7-20-12/h1-7,9H,8H2,(H,17,18,19)/b13-9+. The summed E-state index contributed by atoms with van der Waals surface area (Å²) in [4.78, 5) is 16.1. The van der Waals surface area contributed by atoms with Gasteiger partial charge in [0.1, 0.15) is 17.3 Å². The average molecular weight is 287 g/mol. The summed E-state index contributed by atoms with van der Waals surface area (Å²) in [6.07, 6.45) is 3.72. The molecule has 0 fully saturated rings. The van der Waals surface area contributed by atoms with Crippen LogP contribution in [0.2, 0.25) is 5.02 Å². The van der Waals surface area contributed by atoms with Gasteiger partial charge in [-0.3, -0.25) is 4.79 Å². The Kier molecular flexibility index (Phi) is 3.39. The maximum atomic E-state index is 11.8. The Balaban J connectivity index is 1.78. The molecule has 0 saturated heterocycles. The normalized spacial score (nSPS) is 16.4. The van der Waals surface area contributed by atoms with Crippen LogP contribution in [0.5, 0.6) is 0 Å². The zero-order chi connectivity index (χ0) is 13.9. The highest BCUT2D eigenvalue weighted by molar-refractivity contribution is 6.30. The monoisotopic (exact) mass is 286 g/mol. The molecule has 0 spiro atoms. The van der Waals surface area contributed by atoms with Crippen LogP contribution in [-0.2, 0) is 11.2 Å². The number of furan rings is 1. The third kappa shape index (κ3) is 2.81. The van der Waals surface area contributed by atoms with E-state index in [9.17, 15) is 4.79 Å². The molecule has 0 saturated carbocycles. The number of carbonyl (C=O) groups excluding carboxylic acids is 1. The van der Waals surface area contributed by atoms with Crippen LogP contribution >= 0.6 is 11.6 Å². The van der Waals surface area contributed by atoms with E-state index in [0.717, 1.165) is 5.56 Å². The van der Waals surface area contributed by atoms with Gasteiger partial charge < -0.3 is 9.73 Å². The van der Waals surface area contributed by atoms with Crippen molar-refractivity contribution in [2.45, 2.75) is 6.42 Å². The van der Waals surface area contributed by atoms with E-state index < -0.39 is 0 Å². The van der Waals surface area contributed by atoms with Crippen LogP contribution < -0.4 is 5.32 Å². The molecule has 3 rings (SSSR count). The van der Waals surface area contributed by atoms with Crippen LogP contribution in [0, 0.1) is 0 Å². The summed E-state index contributed by atoms with van der Waals surface area (Å²) in [6, 6.07) is 11.0. The molecule has 1 aromatic heterocycles. The van der Waals surface area contributed by atoms with Crippen LogP contribution in [0.25, 0.3) is 6.08 Å². The summed E-state index contributed by atoms with van der Waals surface area (Å²) in [5.74, 6) is 1.01. The summed E-state index contributed by atoms with van der Waals surface area (Å²) in [5.41, 5.74) is 1.39. The van der Waals surface area contributed by atoms with Crippen molar-refractivity contribution in [3.8, 4) is 0 Å². The van der Waals surface area contributed by atoms with Gasteiger partial charge in [0.25, 0.3) is 5.91 Å². The molecule has 0 aliphatic carbocycles. The molecule has 0 atom stereocenters. The van der Waals surface area contributed by atoms with Gasteiger partial charge in [-0.05, 0) is 29.8 Å². The lowest BCUT2D eigenvalue weighted by molar-refractivity contribution is -0.115. The van der Waals surface area contributed by atoms with Gasteiger partial charge in [0, 0.05) is 17.5 Å². The third-order valence-electron chi connectivity index (χ3n) is 2.85. The Morgan fingerprint density at radius 2 is 2.05 bits per heavy atom. The van der Waals surface area contributed by atoms with E-state index in [-0.39, 0.29) is 5.91 Å². The molecule has 1 N–H and O–H groups in total. The average Bonchev–Trinajstić information content (AvgIpc) is 3.04. The SMILES string of the molecule is O=C1NC(Cc2ccc(Cl)cc2)=N/C1=C/c1ccco1. The maximum absolute atomic E-state index is 11.8. The number of benzene rings is 1. The molecule has 0 bridgehead atoms. The Morgan fingerprint density at radius 3 is 2.75 bits per heavy atom. The highest BCUT2D eigenvalue weighted by atomic mass is 35.5. The van der Waals surface area contributed by atoms with Gasteiger partial charge in [-0.2, -0.15) is 0 Å². The number of nitrogens with one attached hydrogen (secondary N) is 1. The number of rotatable bonds is 3. The molecule has 4 nitrogen and oxygen atoms in total. The van der Waals surface area contributed by atoms with Gasteiger partial charge in [0.05, 0.1) is 6.26 Å². The van der Waals surface area contributed by atoms with Gasteiger partial charge in [-0.1, -0.05) is 23.7 Å². The lowest BCUT2D eigenvalue weighted by Crippen LogP contribution is -2.25. The zero-order valence-corrected chi connectivity index (χ0v) is 11.2. The van der Waals surface area contributed by atoms with E-state index in [1.54, 1.807) is 24.5 Å². The molecule has 0 unspecified atom stereocenters. The van der Waals surface area contributed by atoms with Crippen molar-refractivity contribution in [3.63, 3.8) is 0 Å². The van der Waals surface area contributed by atoms with Crippen molar-refractivity contribution in [3.05, 3.63) is 64.7 Å². The number of hydrogen-bond donors (Lipinski definition) is 1. The van der Waals surface area contributed by atoms with E-state index in [4.69, 9.17) is 16.0 Å². The van der Waals surface area contributed by atoms with Crippen LogP contribution in [0.4, 0.5) is 0 Å². The van der Waals surface area contributed by atoms with Crippen LogP contribution in [0.3, 0.4) is 0 Å². The fraction of sp³-hybridized carbons (Fsp3) is 0.0667. The summed E-state index contributed by atoms with van der Waals surface area (Å²) in [6.45, 7) is 0. The molecule has 1 aliphatic rings. The van der Waals surface area contributed by atoms with Crippen molar-refractivity contribution >= 4 is 29.4 Å². The predicted octanol–water partition coefficient (Wildman–Crippen LogP) is 3.04. The molecule has 1 amide bonds. The minimum absolute atomic E-state index is 0.217. The molecular weight excluding hydrogens is 276 g/mol. The Morgan fingerprint density at radius 1 is 1.25 bits per heavy atom. The van der Waals surface area contributed by atoms with Gasteiger partial charge in [-0.25, -0.2) is 4.99 Å². The number of amidine groups is 1. The fourth-order valence-corrected chi connectivity index (χ4v) is 2.03. The van der Waals surface area contributed by atoms with Crippen molar-refractivity contribution in [2.24, 2.45) is 4.99 Å². The lowest BCUT2D eigenvalue weighted by Gasteiger charge is -2.00. The maximum Gasteiger partial charge on any atom is 0.275 e. The van der Waals surface area contributed by atoms with Crippen molar-refractivity contribution in [1.82, 2.24) is 5.32 Å². The van der Waals surface area contributed by atoms with E-state index in [0.29, 0.717) is 28.7 Å². The smallest absolute Gasteiger partial charge is 0.275 e. The van der Waals surface area contributed by atoms with Crippen molar-refractivity contribution in [1.29, 1.82) is 0 Å². The lowest BCUT2D eigenvalue weighted by atomic mass is 10.1. The number of halogens is 1. The van der Waals surface area contributed by atoms with Crippen LogP contribution in [-0.4, -0.2) is 11.7 Å². The molecule has 1 aliphatic heterocycles. The molecule has 5 heteroatoms. The quantitative estimate of drug-likeness (QED) is 0.882. The summed E-state index contributed by atoms with van der Waals surface area (Å²) in [7, 11) is 0. The Hall–Kier alpha value is -2.33. The molecule has 2 aromatic rings. The second kappa shape index (κ2) is 5.35. The van der Waals surface area contributed by atoms with Crippen molar-refractivity contribution < 1.29 is 9.21 Å². The Labute approximate surface area is 120 Å². The van der Waals surface area contributed by atoms with E-state index in [2.05, 4.69) is 10.3 Å². The minimum Gasteiger partial charge on any atom is -0.465 e. The molecule has 100 valence electrons. The number of carbonyl (C=O) groups is 1. The number of amides is 1. The number of hydrogen-bond acceptors (Lipinski definition) is 3. The van der Waals surface area contributed by atoms with Gasteiger partial charge in [0.2, 0.25) is 0 Å². The molecular formula is C15H11ClN2O2. The minimum atomic E-state index is -0.217. The largest absolute Gasteiger partial charge is 0.465 e.